The Morgan fingerprint density at radius 1 is 0.682 bits per heavy atom. The van der Waals surface area contributed by atoms with Crippen LogP contribution in [0.5, 0.6) is 0 Å². The maximum atomic E-state index is 12.9. The molecule has 0 N–H and O–H groups in total. The molecule has 6 heteroatoms. The van der Waals surface area contributed by atoms with Crippen molar-refractivity contribution in [2.45, 2.75) is 20.8 Å². The summed E-state index contributed by atoms with van der Waals surface area (Å²) in [6.45, 7) is 5.67. The van der Waals surface area contributed by atoms with Crippen molar-refractivity contribution in [3.8, 4) is 0 Å². The van der Waals surface area contributed by atoms with Crippen molar-refractivity contribution in [2.24, 2.45) is 0 Å². The van der Waals surface area contributed by atoms with E-state index in [1.807, 2.05) is 32.9 Å². The van der Waals surface area contributed by atoms with Crippen molar-refractivity contribution >= 4 is 63.8 Å². The standard InChI is InChI=1S/C16H11Cl5O/c1-6-4-7(2)9(8(3)5-6)16(22)10-11(17)13(19)15(21)14(20)12(10)18/h4-5H,1-3H3. The van der Waals surface area contributed by atoms with Gasteiger partial charge in [-0.25, -0.2) is 0 Å². The lowest BCUT2D eigenvalue weighted by molar-refractivity contribution is 0.103. The number of rotatable bonds is 2. The van der Waals surface area contributed by atoms with Crippen molar-refractivity contribution in [2.75, 3.05) is 0 Å². The van der Waals surface area contributed by atoms with Crippen LogP contribution in [0.1, 0.15) is 32.6 Å². The van der Waals surface area contributed by atoms with Gasteiger partial charge in [0.1, 0.15) is 0 Å². The summed E-state index contributed by atoms with van der Waals surface area (Å²) in [5.74, 6) is -0.328. The van der Waals surface area contributed by atoms with Crippen LogP contribution in [-0.2, 0) is 0 Å². The molecule has 0 unspecified atom stereocenters. The molecule has 0 heterocycles. The number of hydrogen-bond donors (Lipinski definition) is 0. The van der Waals surface area contributed by atoms with E-state index in [4.69, 9.17) is 58.0 Å². The minimum Gasteiger partial charge on any atom is -0.288 e. The lowest BCUT2D eigenvalue weighted by atomic mass is 9.93. The molecular formula is C16H11Cl5O. The number of halogens is 5. The minimum absolute atomic E-state index is 0.00504. The Kier molecular flexibility index (Phi) is 5.36. The second-order valence-electron chi connectivity index (χ2n) is 5.05. The number of carbonyl (C=O) groups excluding carboxylic acids is 1. The summed E-state index contributed by atoms with van der Waals surface area (Å²) in [5.41, 5.74) is 3.33. The Morgan fingerprint density at radius 3 is 1.45 bits per heavy atom. The topological polar surface area (TPSA) is 17.1 Å². The lowest BCUT2D eigenvalue weighted by Crippen LogP contribution is -2.09. The minimum atomic E-state index is -0.328. The zero-order valence-corrected chi connectivity index (χ0v) is 15.7. The third kappa shape index (κ3) is 2.98. The van der Waals surface area contributed by atoms with E-state index >= 15 is 0 Å². The molecule has 2 rings (SSSR count). The van der Waals surface area contributed by atoms with E-state index in [1.54, 1.807) is 0 Å². The van der Waals surface area contributed by atoms with Crippen LogP contribution in [0.4, 0.5) is 0 Å². The fourth-order valence-electron chi connectivity index (χ4n) is 2.47. The molecule has 0 radical (unpaired) electrons. The van der Waals surface area contributed by atoms with E-state index in [2.05, 4.69) is 0 Å². The van der Waals surface area contributed by atoms with Crippen molar-refractivity contribution in [1.82, 2.24) is 0 Å². The summed E-state index contributed by atoms with van der Waals surface area (Å²) in [6, 6.07) is 3.84. The Balaban J connectivity index is 2.76. The van der Waals surface area contributed by atoms with E-state index in [-0.39, 0.29) is 36.5 Å². The maximum absolute atomic E-state index is 12.9. The predicted octanol–water partition coefficient (Wildman–Crippen LogP) is 7.11. The fraction of sp³-hybridized carbons (Fsp3) is 0.188. The Labute approximate surface area is 154 Å². The first-order chi connectivity index (χ1) is 10.2. The second kappa shape index (κ2) is 6.59. The van der Waals surface area contributed by atoms with Crippen molar-refractivity contribution in [1.29, 1.82) is 0 Å². The van der Waals surface area contributed by atoms with Gasteiger partial charge in [0.25, 0.3) is 0 Å². The first-order valence-electron chi connectivity index (χ1n) is 6.30. The zero-order chi connectivity index (χ0) is 16.8. The highest BCUT2D eigenvalue weighted by atomic mass is 35.5. The van der Waals surface area contributed by atoms with Gasteiger partial charge in [-0.3, -0.25) is 4.79 Å². The lowest BCUT2D eigenvalue weighted by Gasteiger charge is -2.15. The molecule has 0 aliphatic heterocycles. The van der Waals surface area contributed by atoms with Gasteiger partial charge in [-0.1, -0.05) is 75.7 Å². The van der Waals surface area contributed by atoms with Crippen LogP contribution in [0.3, 0.4) is 0 Å². The SMILES string of the molecule is Cc1cc(C)c(C(=O)c2c(Cl)c(Cl)c(Cl)c(Cl)c2Cl)c(C)c1. The molecule has 0 saturated heterocycles. The first kappa shape index (κ1) is 17.9. The summed E-state index contributed by atoms with van der Waals surface area (Å²) in [4.78, 5) is 12.9. The van der Waals surface area contributed by atoms with Crippen LogP contribution in [-0.4, -0.2) is 5.78 Å². The summed E-state index contributed by atoms with van der Waals surface area (Å²) in [5, 5.41) is 0.0788. The molecule has 0 aromatic heterocycles. The molecule has 1 nitrogen and oxygen atoms in total. The van der Waals surface area contributed by atoms with Crippen LogP contribution in [0.25, 0.3) is 0 Å². The molecule has 0 fully saturated rings. The van der Waals surface area contributed by atoms with Crippen LogP contribution < -0.4 is 0 Å². The molecule has 0 atom stereocenters. The van der Waals surface area contributed by atoms with Gasteiger partial charge in [0.2, 0.25) is 0 Å². The van der Waals surface area contributed by atoms with Gasteiger partial charge < -0.3 is 0 Å². The highest BCUT2D eigenvalue weighted by Crippen LogP contribution is 2.44. The third-order valence-electron chi connectivity index (χ3n) is 3.34. The van der Waals surface area contributed by atoms with E-state index in [0.717, 1.165) is 16.7 Å². The molecule has 0 amide bonds. The van der Waals surface area contributed by atoms with Gasteiger partial charge in [-0.15, -0.1) is 0 Å². The molecule has 22 heavy (non-hydrogen) atoms. The maximum Gasteiger partial charge on any atom is 0.196 e. The van der Waals surface area contributed by atoms with Crippen molar-refractivity contribution in [3.05, 3.63) is 65.1 Å². The highest BCUT2D eigenvalue weighted by Gasteiger charge is 2.26. The Hall–Kier alpha value is -0.440. The van der Waals surface area contributed by atoms with Gasteiger partial charge >= 0.3 is 0 Å². The van der Waals surface area contributed by atoms with Gasteiger partial charge in [0, 0.05) is 5.56 Å². The largest absolute Gasteiger partial charge is 0.288 e. The van der Waals surface area contributed by atoms with E-state index in [9.17, 15) is 4.79 Å². The normalized spacial score (nSPS) is 10.9. The molecule has 0 spiro atoms. The number of carbonyl (C=O) groups is 1. The van der Waals surface area contributed by atoms with Crippen molar-refractivity contribution < 1.29 is 4.79 Å². The zero-order valence-electron chi connectivity index (χ0n) is 12.0. The van der Waals surface area contributed by atoms with Gasteiger partial charge in [0.05, 0.1) is 30.7 Å². The van der Waals surface area contributed by atoms with E-state index in [1.165, 1.54) is 0 Å². The third-order valence-corrected chi connectivity index (χ3v) is 5.62. The number of ketones is 1. The number of benzene rings is 2. The van der Waals surface area contributed by atoms with Crippen LogP contribution >= 0.6 is 58.0 Å². The molecule has 0 aliphatic carbocycles. The van der Waals surface area contributed by atoms with Gasteiger partial charge in [-0.05, 0) is 31.9 Å². The number of hydrogen-bond acceptors (Lipinski definition) is 1. The quantitative estimate of drug-likeness (QED) is 0.300. The van der Waals surface area contributed by atoms with Crippen LogP contribution in [0, 0.1) is 20.8 Å². The van der Waals surface area contributed by atoms with Crippen LogP contribution in [0.2, 0.25) is 25.1 Å². The average Bonchev–Trinajstić information content (AvgIpc) is 2.42. The first-order valence-corrected chi connectivity index (χ1v) is 8.19. The predicted molar refractivity (Wildman–Crippen MR) is 95.6 cm³/mol. The molecule has 2 aromatic carbocycles. The Morgan fingerprint density at radius 2 is 1.05 bits per heavy atom. The molecular weight excluding hydrogens is 385 g/mol. The molecule has 0 saturated carbocycles. The molecule has 116 valence electrons. The van der Waals surface area contributed by atoms with Gasteiger partial charge in [-0.2, -0.15) is 0 Å². The van der Waals surface area contributed by atoms with Gasteiger partial charge in [0.15, 0.2) is 5.78 Å². The van der Waals surface area contributed by atoms with Crippen LogP contribution in [0.15, 0.2) is 12.1 Å². The molecule has 2 aromatic rings. The van der Waals surface area contributed by atoms with E-state index in [0.29, 0.717) is 5.56 Å². The summed E-state index contributed by atoms with van der Waals surface area (Å²) in [6.07, 6.45) is 0. The van der Waals surface area contributed by atoms with Crippen molar-refractivity contribution in [3.63, 3.8) is 0 Å². The molecule has 0 aliphatic rings. The summed E-state index contributed by atoms with van der Waals surface area (Å²) >= 11 is 30.4. The van der Waals surface area contributed by atoms with E-state index < -0.39 is 0 Å². The smallest absolute Gasteiger partial charge is 0.196 e. The summed E-state index contributed by atoms with van der Waals surface area (Å²) < 4.78 is 0. The fourth-order valence-corrected chi connectivity index (χ4v) is 3.78. The average molecular weight is 397 g/mol. The second-order valence-corrected chi connectivity index (χ2v) is 6.94. The molecule has 0 bridgehead atoms. The highest BCUT2D eigenvalue weighted by molar-refractivity contribution is 6.56. The Bertz CT molecular complexity index is 744. The summed E-state index contributed by atoms with van der Waals surface area (Å²) in [7, 11) is 0. The number of aryl methyl sites for hydroxylation is 3. The monoisotopic (exact) mass is 394 g/mol.